The quantitative estimate of drug-likeness (QED) is 0.895. The van der Waals surface area contributed by atoms with E-state index in [1.165, 1.54) is 32.1 Å². The van der Waals surface area contributed by atoms with Crippen molar-refractivity contribution in [2.75, 3.05) is 13.1 Å². The number of nitrogens with zero attached hydrogens (tertiary/aromatic N) is 2. The summed E-state index contributed by atoms with van der Waals surface area (Å²) in [7, 11) is 0. The van der Waals surface area contributed by atoms with Gasteiger partial charge in [0.1, 0.15) is 0 Å². The minimum atomic E-state index is 0.443. The number of rotatable bonds is 3. The third-order valence-corrected chi connectivity index (χ3v) is 4.66. The summed E-state index contributed by atoms with van der Waals surface area (Å²) in [6.07, 6.45) is 7.58. The molecule has 100 valence electrons. The molecule has 2 fully saturated rings. The molecule has 1 atom stereocenters. The van der Waals surface area contributed by atoms with Crippen LogP contribution in [0.4, 0.5) is 0 Å². The highest BCUT2D eigenvalue weighted by Gasteiger charge is 2.27. The Morgan fingerprint density at radius 1 is 1.17 bits per heavy atom. The summed E-state index contributed by atoms with van der Waals surface area (Å²) in [6.45, 7) is 4.36. The maximum absolute atomic E-state index is 5.45. The lowest BCUT2D eigenvalue weighted by Crippen LogP contribution is -2.14. The Morgan fingerprint density at radius 3 is 2.67 bits per heavy atom. The fraction of sp³-hybridized carbons (Fsp3) is 0.857. The normalized spacial score (nSPS) is 32.8. The van der Waals surface area contributed by atoms with E-state index >= 15 is 0 Å². The van der Waals surface area contributed by atoms with Crippen molar-refractivity contribution in [2.24, 2.45) is 5.92 Å². The van der Waals surface area contributed by atoms with Gasteiger partial charge in [0.05, 0.1) is 5.92 Å². The molecule has 3 rings (SSSR count). The van der Waals surface area contributed by atoms with Crippen molar-refractivity contribution in [1.29, 1.82) is 0 Å². The standard InChI is InChI=1S/C14H23N3O/c1-2-10-3-5-11(6-4-10)13-16-14(18-17-13)12-7-8-15-9-12/h10-12,15H,2-9H2,1H3. The van der Waals surface area contributed by atoms with Crippen LogP contribution in [-0.2, 0) is 0 Å². The average molecular weight is 249 g/mol. The molecule has 4 nitrogen and oxygen atoms in total. The van der Waals surface area contributed by atoms with Crippen LogP contribution < -0.4 is 5.32 Å². The molecule has 0 spiro atoms. The first-order chi connectivity index (χ1) is 8.86. The number of hydrogen-bond acceptors (Lipinski definition) is 4. The van der Waals surface area contributed by atoms with Gasteiger partial charge in [0, 0.05) is 12.5 Å². The van der Waals surface area contributed by atoms with Crippen LogP contribution in [-0.4, -0.2) is 23.2 Å². The predicted octanol–water partition coefficient (Wildman–Crippen LogP) is 2.83. The molecule has 0 bridgehead atoms. The monoisotopic (exact) mass is 249 g/mol. The Hall–Kier alpha value is -0.900. The Bertz CT molecular complexity index is 376. The van der Waals surface area contributed by atoms with E-state index in [4.69, 9.17) is 4.52 Å². The van der Waals surface area contributed by atoms with Crippen LogP contribution in [0, 0.1) is 5.92 Å². The number of nitrogens with one attached hydrogen (secondary N) is 1. The highest BCUT2D eigenvalue weighted by Crippen LogP contribution is 2.36. The third-order valence-electron chi connectivity index (χ3n) is 4.66. The van der Waals surface area contributed by atoms with E-state index in [-0.39, 0.29) is 0 Å². The van der Waals surface area contributed by atoms with E-state index in [0.29, 0.717) is 11.8 Å². The van der Waals surface area contributed by atoms with E-state index < -0.39 is 0 Å². The molecule has 1 saturated heterocycles. The zero-order chi connectivity index (χ0) is 12.4. The van der Waals surface area contributed by atoms with Crippen LogP contribution in [0.3, 0.4) is 0 Å². The Balaban J connectivity index is 1.62. The van der Waals surface area contributed by atoms with Gasteiger partial charge in [-0.3, -0.25) is 0 Å². The van der Waals surface area contributed by atoms with Crippen LogP contribution in [0.15, 0.2) is 4.52 Å². The molecule has 1 aliphatic carbocycles. The molecular weight excluding hydrogens is 226 g/mol. The lowest BCUT2D eigenvalue weighted by Gasteiger charge is -2.25. The maximum atomic E-state index is 5.45. The third kappa shape index (κ3) is 2.44. The summed E-state index contributed by atoms with van der Waals surface area (Å²) in [5.74, 6) is 3.73. The van der Waals surface area contributed by atoms with Crippen molar-refractivity contribution in [3.63, 3.8) is 0 Å². The van der Waals surface area contributed by atoms with E-state index in [9.17, 15) is 0 Å². The highest BCUT2D eigenvalue weighted by atomic mass is 16.5. The second kappa shape index (κ2) is 5.39. The van der Waals surface area contributed by atoms with Crippen molar-refractivity contribution < 1.29 is 4.52 Å². The molecular formula is C14H23N3O. The van der Waals surface area contributed by atoms with Gasteiger partial charge in [-0.25, -0.2) is 0 Å². The number of hydrogen-bond donors (Lipinski definition) is 1. The Kier molecular flexibility index (Phi) is 3.64. The minimum Gasteiger partial charge on any atom is -0.339 e. The molecule has 1 aromatic rings. The van der Waals surface area contributed by atoms with E-state index in [1.54, 1.807) is 0 Å². The van der Waals surface area contributed by atoms with Crippen molar-refractivity contribution in [3.05, 3.63) is 11.7 Å². The molecule has 1 aliphatic heterocycles. The van der Waals surface area contributed by atoms with Gasteiger partial charge in [-0.15, -0.1) is 0 Å². The van der Waals surface area contributed by atoms with Gasteiger partial charge in [0.15, 0.2) is 5.82 Å². The van der Waals surface area contributed by atoms with Crippen LogP contribution in [0.2, 0.25) is 0 Å². The van der Waals surface area contributed by atoms with Crippen LogP contribution in [0.25, 0.3) is 0 Å². The van der Waals surface area contributed by atoms with Crippen molar-refractivity contribution in [3.8, 4) is 0 Å². The molecule has 1 N–H and O–H groups in total. The van der Waals surface area contributed by atoms with Gasteiger partial charge in [0.25, 0.3) is 0 Å². The molecule has 1 aromatic heterocycles. The molecule has 0 radical (unpaired) electrons. The second-order valence-electron chi connectivity index (χ2n) is 5.81. The fourth-order valence-corrected chi connectivity index (χ4v) is 3.27. The molecule has 2 heterocycles. The van der Waals surface area contributed by atoms with E-state index in [0.717, 1.165) is 37.1 Å². The van der Waals surface area contributed by atoms with Crippen LogP contribution in [0.5, 0.6) is 0 Å². The summed E-state index contributed by atoms with van der Waals surface area (Å²) < 4.78 is 5.45. The largest absolute Gasteiger partial charge is 0.339 e. The van der Waals surface area contributed by atoms with Gasteiger partial charge in [-0.1, -0.05) is 18.5 Å². The van der Waals surface area contributed by atoms with Crippen molar-refractivity contribution in [1.82, 2.24) is 15.5 Å². The lowest BCUT2D eigenvalue weighted by molar-refractivity contribution is 0.301. The van der Waals surface area contributed by atoms with Crippen molar-refractivity contribution in [2.45, 2.75) is 57.3 Å². The second-order valence-corrected chi connectivity index (χ2v) is 5.81. The van der Waals surface area contributed by atoms with Crippen LogP contribution in [0.1, 0.15) is 69.0 Å². The molecule has 0 amide bonds. The first-order valence-corrected chi connectivity index (χ1v) is 7.41. The molecule has 1 saturated carbocycles. The predicted molar refractivity (Wildman–Crippen MR) is 69.5 cm³/mol. The summed E-state index contributed by atoms with van der Waals surface area (Å²) in [5.41, 5.74) is 0. The first kappa shape index (κ1) is 12.2. The number of aromatic nitrogens is 2. The first-order valence-electron chi connectivity index (χ1n) is 7.41. The molecule has 0 aromatic carbocycles. The maximum Gasteiger partial charge on any atom is 0.231 e. The van der Waals surface area contributed by atoms with Gasteiger partial charge in [-0.05, 0) is 44.6 Å². The smallest absolute Gasteiger partial charge is 0.231 e. The molecule has 1 unspecified atom stereocenters. The highest BCUT2D eigenvalue weighted by molar-refractivity contribution is 5.02. The van der Waals surface area contributed by atoms with E-state index in [1.807, 2.05) is 0 Å². The summed E-state index contributed by atoms with van der Waals surface area (Å²) in [4.78, 5) is 4.65. The summed E-state index contributed by atoms with van der Waals surface area (Å²) in [6, 6.07) is 0. The summed E-state index contributed by atoms with van der Waals surface area (Å²) >= 11 is 0. The Labute approximate surface area is 109 Å². The van der Waals surface area contributed by atoms with Gasteiger partial charge in [-0.2, -0.15) is 4.98 Å². The average Bonchev–Trinajstić information content (AvgIpc) is 3.09. The molecule has 4 heteroatoms. The van der Waals surface area contributed by atoms with Gasteiger partial charge in [0.2, 0.25) is 5.89 Å². The SMILES string of the molecule is CCC1CCC(c2noc(C3CCNC3)n2)CC1. The minimum absolute atomic E-state index is 0.443. The molecule has 18 heavy (non-hydrogen) atoms. The molecule has 2 aliphatic rings. The van der Waals surface area contributed by atoms with Crippen LogP contribution >= 0.6 is 0 Å². The zero-order valence-corrected chi connectivity index (χ0v) is 11.2. The fourth-order valence-electron chi connectivity index (χ4n) is 3.27. The van der Waals surface area contributed by atoms with E-state index in [2.05, 4.69) is 22.4 Å². The lowest BCUT2D eigenvalue weighted by atomic mass is 9.80. The topological polar surface area (TPSA) is 51.0 Å². The Morgan fingerprint density at radius 2 is 2.00 bits per heavy atom. The van der Waals surface area contributed by atoms with Crippen molar-refractivity contribution >= 4 is 0 Å². The van der Waals surface area contributed by atoms with Gasteiger partial charge < -0.3 is 9.84 Å². The summed E-state index contributed by atoms with van der Waals surface area (Å²) in [5, 5.41) is 7.57. The zero-order valence-electron chi connectivity index (χ0n) is 11.2. The van der Waals surface area contributed by atoms with Gasteiger partial charge >= 0.3 is 0 Å².